The van der Waals surface area contributed by atoms with Gasteiger partial charge < -0.3 is 15.0 Å². The first-order valence-corrected chi connectivity index (χ1v) is 8.73. The Kier molecular flexibility index (Phi) is 5.90. The van der Waals surface area contributed by atoms with E-state index in [2.05, 4.69) is 15.3 Å². The molecule has 1 N–H and O–H groups in total. The molecule has 25 heavy (non-hydrogen) atoms. The maximum atomic E-state index is 12.4. The number of piperazine rings is 1. The van der Waals surface area contributed by atoms with Gasteiger partial charge in [0.25, 0.3) is 0 Å². The molecule has 0 atom stereocenters. The number of hydrogen-bond donors (Lipinski definition) is 1. The number of amides is 2. The molecule has 1 aliphatic rings. The van der Waals surface area contributed by atoms with Crippen LogP contribution in [-0.4, -0.2) is 64.9 Å². The molecule has 0 bridgehead atoms. The number of carbonyl (C=O) groups is 1. The minimum absolute atomic E-state index is 0.0455. The lowest BCUT2D eigenvalue weighted by Crippen LogP contribution is -2.50. The summed E-state index contributed by atoms with van der Waals surface area (Å²) in [5.41, 5.74) is 0.787. The van der Waals surface area contributed by atoms with E-state index in [-0.39, 0.29) is 6.03 Å². The molecule has 2 heterocycles. The lowest BCUT2D eigenvalue weighted by molar-refractivity contribution is 0.143. The van der Waals surface area contributed by atoms with E-state index in [0.717, 1.165) is 50.7 Å². The average Bonchev–Trinajstić information content (AvgIpc) is 3.16. The van der Waals surface area contributed by atoms with Gasteiger partial charge in [-0.3, -0.25) is 9.58 Å². The highest BCUT2D eigenvalue weighted by Crippen LogP contribution is 2.16. The zero-order valence-corrected chi connectivity index (χ0v) is 14.6. The molecule has 0 spiro atoms. The first kappa shape index (κ1) is 17.3. The predicted molar refractivity (Wildman–Crippen MR) is 96.9 cm³/mol. The number of aromatic nitrogens is 2. The molecule has 7 heteroatoms. The number of anilines is 1. The summed E-state index contributed by atoms with van der Waals surface area (Å²) in [6, 6.07) is 9.35. The lowest BCUT2D eigenvalue weighted by Gasteiger charge is -2.34. The number of nitrogens with one attached hydrogen (secondary N) is 1. The first-order chi connectivity index (χ1) is 12.2. The van der Waals surface area contributed by atoms with Gasteiger partial charge >= 0.3 is 6.03 Å². The molecular formula is C18H25N5O2. The minimum atomic E-state index is -0.0455. The summed E-state index contributed by atoms with van der Waals surface area (Å²) in [4.78, 5) is 16.6. The van der Waals surface area contributed by atoms with Gasteiger partial charge in [0.05, 0.1) is 13.2 Å². The number of carbonyl (C=O) groups excluding carboxylic acids is 1. The van der Waals surface area contributed by atoms with Crippen molar-refractivity contribution in [1.82, 2.24) is 19.6 Å². The van der Waals surface area contributed by atoms with Crippen molar-refractivity contribution in [1.29, 1.82) is 0 Å². The van der Waals surface area contributed by atoms with Crippen molar-refractivity contribution in [3.8, 4) is 5.75 Å². The number of nitrogens with zero attached hydrogens (tertiary/aromatic N) is 4. The van der Waals surface area contributed by atoms with Gasteiger partial charge in [0, 0.05) is 50.8 Å². The summed E-state index contributed by atoms with van der Waals surface area (Å²) in [7, 11) is 0. The topological polar surface area (TPSA) is 62.6 Å². The van der Waals surface area contributed by atoms with Crippen molar-refractivity contribution < 1.29 is 9.53 Å². The Morgan fingerprint density at radius 2 is 1.92 bits per heavy atom. The smallest absolute Gasteiger partial charge is 0.321 e. The fourth-order valence-corrected chi connectivity index (χ4v) is 2.85. The molecule has 2 amide bonds. The molecule has 1 aliphatic heterocycles. The second-order valence-electron chi connectivity index (χ2n) is 5.99. The van der Waals surface area contributed by atoms with Gasteiger partial charge in [-0.15, -0.1) is 0 Å². The van der Waals surface area contributed by atoms with Crippen LogP contribution in [0.3, 0.4) is 0 Å². The van der Waals surface area contributed by atoms with Gasteiger partial charge in [-0.1, -0.05) is 0 Å². The molecule has 1 fully saturated rings. The van der Waals surface area contributed by atoms with Crippen LogP contribution in [0.5, 0.6) is 5.75 Å². The van der Waals surface area contributed by atoms with E-state index in [1.54, 1.807) is 6.20 Å². The Morgan fingerprint density at radius 3 is 2.56 bits per heavy atom. The molecule has 0 aliphatic carbocycles. The van der Waals surface area contributed by atoms with Crippen LogP contribution in [0.15, 0.2) is 42.7 Å². The summed E-state index contributed by atoms with van der Waals surface area (Å²) in [5.74, 6) is 0.811. The van der Waals surface area contributed by atoms with Crippen molar-refractivity contribution in [2.45, 2.75) is 13.5 Å². The fraction of sp³-hybridized carbons (Fsp3) is 0.444. The summed E-state index contributed by atoms with van der Waals surface area (Å²) >= 11 is 0. The normalized spacial score (nSPS) is 15.2. The third kappa shape index (κ3) is 4.96. The van der Waals surface area contributed by atoms with Gasteiger partial charge in [-0.25, -0.2) is 4.79 Å². The van der Waals surface area contributed by atoms with Crippen molar-refractivity contribution in [2.24, 2.45) is 0 Å². The molecule has 1 aromatic carbocycles. The van der Waals surface area contributed by atoms with Crippen molar-refractivity contribution in [2.75, 3.05) is 44.6 Å². The van der Waals surface area contributed by atoms with Crippen LogP contribution in [0.4, 0.5) is 10.5 Å². The average molecular weight is 343 g/mol. The second kappa shape index (κ2) is 8.53. The number of hydrogen-bond acceptors (Lipinski definition) is 4. The Morgan fingerprint density at radius 1 is 1.16 bits per heavy atom. The summed E-state index contributed by atoms with van der Waals surface area (Å²) < 4.78 is 7.34. The van der Waals surface area contributed by atoms with Gasteiger partial charge in [0.2, 0.25) is 0 Å². The number of urea groups is 1. The molecule has 7 nitrogen and oxygen atoms in total. The van der Waals surface area contributed by atoms with Crippen LogP contribution in [0.25, 0.3) is 0 Å². The van der Waals surface area contributed by atoms with Crippen LogP contribution in [0.1, 0.15) is 6.92 Å². The first-order valence-electron chi connectivity index (χ1n) is 8.73. The molecule has 1 aromatic heterocycles. The largest absolute Gasteiger partial charge is 0.494 e. The predicted octanol–water partition coefficient (Wildman–Crippen LogP) is 2.13. The van der Waals surface area contributed by atoms with Gasteiger partial charge in [0.1, 0.15) is 5.75 Å². The monoisotopic (exact) mass is 343 g/mol. The second-order valence-corrected chi connectivity index (χ2v) is 5.99. The summed E-state index contributed by atoms with van der Waals surface area (Å²) in [5, 5.41) is 7.16. The molecule has 134 valence electrons. The van der Waals surface area contributed by atoms with E-state index >= 15 is 0 Å². The summed E-state index contributed by atoms with van der Waals surface area (Å²) in [6.07, 6.45) is 3.77. The molecular weight excluding hydrogens is 318 g/mol. The zero-order valence-electron chi connectivity index (χ0n) is 14.6. The van der Waals surface area contributed by atoms with E-state index in [0.29, 0.717) is 6.61 Å². The van der Waals surface area contributed by atoms with Crippen molar-refractivity contribution in [3.05, 3.63) is 42.7 Å². The van der Waals surface area contributed by atoms with Gasteiger partial charge in [-0.2, -0.15) is 5.10 Å². The number of ether oxygens (including phenoxy) is 1. The Bertz CT molecular complexity index is 649. The third-order valence-corrected chi connectivity index (χ3v) is 4.28. The maximum Gasteiger partial charge on any atom is 0.321 e. The Balaban J connectivity index is 1.41. The standard InChI is InChI=1S/C18H25N5O2/c1-2-25-17-6-4-16(5-7-17)20-18(24)22-13-10-21(11-14-22)12-15-23-9-3-8-19-23/h3-9H,2,10-15H2,1H3,(H,20,24). The van der Waals surface area contributed by atoms with E-state index in [1.165, 1.54) is 0 Å². The van der Waals surface area contributed by atoms with E-state index in [4.69, 9.17) is 4.74 Å². The quantitative estimate of drug-likeness (QED) is 0.873. The molecule has 1 saturated heterocycles. The fourth-order valence-electron chi connectivity index (χ4n) is 2.85. The number of benzene rings is 1. The minimum Gasteiger partial charge on any atom is -0.494 e. The van der Waals surface area contributed by atoms with Crippen LogP contribution >= 0.6 is 0 Å². The van der Waals surface area contributed by atoms with E-state index in [9.17, 15) is 4.79 Å². The third-order valence-electron chi connectivity index (χ3n) is 4.28. The Labute approximate surface area is 148 Å². The molecule has 0 radical (unpaired) electrons. The molecule has 0 unspecified atom stereocenters. The SMILES string of the molecule is CCOc1ccc(NC(=O)N2CCN(CCn3cccn3)CC2)cc1. The molecule has 3 rings (SSSR count). The van der Waals surface area contributed by atoms with Gasteiger partial charge in [0.15, 0.2) is 0 Å². The maximum absolute atomic E-state index is 12.4. The van der Waals surface area contributed by atoms with Crippen LogP contribution in [0.2, 0.25) is 0 Å². The Hall–Kier alpha value is -2.54. The zero-order chi connectivity index (χ0) is 17.5. The van der Waals surface area contributed by atoms with Crippen LogP contribution in [0, 0.1) is 0 Å². The van der Waals surface area contributed by atoms with Crippen molar-refractivity contribution in [3.63, 3.8) is 0 Å². The van der Waals surface area contributed by atoms with Gasteiger partial charge in [-0.05, 0) is 37.3 Å². The highest BCUT2D eigenvalue weighted by Gasteiger charge is 2.20. The highest BCUT2D eigenvalue weighted by atomic mass is 16.5. The molecule has 0 saturated carbocycles. The van der Waals surface area contributed by atoms with E-state index in [1.807, 2.05) is 53.0 Å². The number of rotatable bonds is 6. The van der Waals surface area contributed by atoms with Crippen LogP contribution < -0.4 is 10.1 Å². The van der Waals surface area contributed by atoms with Crippen molar-refractivity contribution >= 4 is 11.7 Å². The van der Waals surface area contributed by atoms with E-state index < -0.39 is 0 Å². The lowest BCUT2D eigenvalue weighted by atomic mass is 10.3. The van der Waals surface area contributed by atoms with Crippen LogP contribution in [-0.2, 0) is 6.54 Å². The highest BCUT2D eigenvalue weighted by molar-refractivity contribution is 5.89. The molecule has 2 aromatic rings. The summed E-state index contributed by atoms with van der Waals surface area (Å²) in [6.45, 7) is 7.67.